The maximum Gasteiger partial charge on any atom is 0.255 e. The Balaban J connectivity index is 1.15. The van der Waals surface area contributed by atoms with E-state index in [4.69, 9.17) is 9.47 Å². The number of phenolic OH excluding ortho intramolecular Hbond substituents is 4. The molecule has 32 nitrogen and oxygen atoms in total. The second kappa shape index (κ2) is 35.6. The zero-order valence-corrected chi connectivity index (χ0v) is 52.9. The van der Waals surface area contributed by atoms with Crippen molar-refractivity contribution in [2.45, 2.75) is 56.0 Å². The van der Waals surface area contributed by atoms with Gasteiger partial charge in [0.05, 0.1) is 51.1 Å². The molecule has 0 saturated carbocycles. The normalized spacial score (nSPS) is 25.4. The third kappa shape index (κ3) is 19.8. The summed E-state index contributed by atoms with van der Waals surface area (Å²) < 4.78 is 10.7. The first-order chi connectivity index (χ1) is 46.2. The molecule has 8 atom stereocenters. The number of aliphatic hydroxyl groups excluding tert-OH is 4. The fourth-order valence-electron chi connectivity index (χ4n) is 11.4. The molecule has 0 aliphatic carbocycles. The largest absolute Gasteiger partial charge is 0.506 e. The Morgan fingerprint density at radius 2 is 0.750 bits per heavy atom. The highest BCUT2D eigenvalue weighted by atomic mass is 16.7. The van der Waals surface area contributed by atoms with Crippen molar-refractivity contribution in [3.05, 3.63) is 117 Å². The number of aromatic hydroxyl groups is 4. The summed E-state index contributed by atoms with van der Waals surface area (Å²) in [5.41, 5.74) is -1.60. The molecule has 9 amide bonds. The van der Waals surface area contributed by atoms with Crippen LogP contribution in [0, 0.1) is 0 Å². The minimum atomic E-state index is -1.74. The average Bonchev–Trinajstić information content (AvgIpc) is 0.880. The highest BCUT2D eigenvalue weighted by molar-refractivity contribution is 6.06. The molecular formula is C64H85N13O19. The van der Waals surface area contributed by atoms with Gasteiger partial charge in [0.2, 0.25) is 5.91 Å². The first kappa shape index (κ1) is 72.7. The molecule has 0 aromatic heterocycles. The number of nitrogens with zero attached hydrogens (tertiary/aromatic N) is 4. The van der Waals surface area contributed by atoms with E-state index >= 15 is 0 Å². The van der Waals surface area contributed by atoms with E-state index in [-0.39, 0.29) is 182 Å². The predicted molar refractivity (Wildman–Crippen MR) is 342 cm³/mol. The number of rotatable bonds is 9. The van der Waals surface area contributed by atoms with Crippen LogP contribution in [0.5, 0.6) is 23.0 Å². The van der Waals surface area contributed by atoms with Crippen LogP contribution in [0.4, 0.5) is 0 Å². The molecule has 4 aromatic carbocycles. The summed E-state index contributed by atoms with van der Waals surface area (Å²) in [7, 11) is 0. The van der Waals surface area contributed by atoms with Crippen LogP contribution in [0.1, 0.15) is 102 Å². The number of nitrogens with one attached hydrogen (secondary N) is 9. The molecule has 17 N–H and O–H groups in total. The van der Waals surface area contributed by atoms with Gasteiger partial charge < -0.3 is 98.2 Å². The molecule has 0 radical (unpaired) electrons. The monoisotopic (exact) mass is 1340 g/mol. The summed E-state index contributed by atoms with van der Waals surface area (Å²) in [6.45, 7) is -0.103. The number of ether oxygens (including phenoxy) is 2. The zero-order chi connectivity index (χ0) is 68.8. The fourth-order valence-corrected chi connectivity index (χ4v) is 11.4. The Hall–Kier alpha value is -9.09. The molecule has 1 fully saturated rings. The van der Waals surface area contributed by atoms with Crippen LogP contribution in [0.2, 0.25) is 0 Å². The van der Waals surface area contributed by atoms with Crippen LogP contribution in [0.3, 0.4) is 0 Å². The molecule has 1 saturated heterocycles. The number of fused-ring (bicyclic) bond motifs is 16. The summed E-state index contributed by atoms with van der Waals surface area (Å²) in [5.74, 6) is -8.70. The summed E-state index contributed by atoms with van der Waals surface area (Å²) >= 11 is 0. The lowest BCUT2D eigenvalue weighted by molar-refractivity contribution is -0.299. The van der Waals surface area contributed by atoms with E-state index in [0.717, 1.165) is 0 Å². The van der Waals surface area contributed by atoms with Gasteiger partial charge in [0.25, 0.3) is 47.3 Å². The van der Waals surface area contributed by atoms with Crippen molar-refractivity contribution in [1.29, 1.82) is 0 Å². The number of hydrogen-bond donors (Lipinski definition) is 17. The van der Waals surface area contributed by atoms with E-state index in [0.29, 0.717) is 12.8 Å². The standard InChI is InChI=1S/C64H85N13O19/c78-36-47-53(84)54(85)55(86)64(96-47)95-37-48(79)65-16-2-1-7-38-35-77-30-23-72-61(92)44-13-5-12-43(51(44)82)58(89)68-19-26-75(27-20-71-62(93)45-14-6-15-46(52(45)83)63(94)73-38)32-31-74-24-17-66-56(87)39-8-3-10-41(49(39)80)59(90)69-21-28-76(33-34-77)29-22-70-60(91)42-11-4-9-40(50(42)81)57(88)67-18-25-74/h3-6,8-15,38,47,53-55,64,78,80-86H,1-2,7,16-37H2,(H,65,79)(H,66,87)(H,67,88)(H,68,89)(H,69,90)(H,70,91)(H,71,93)(H,72,92)(H,73,94). The number of phenols is 4. The Bertz CT molecular complexity index is 3330. The molecule has 5 heterocycles. The van der Waals surface area contributed by atoms with Crippen LogP contribution >= 0.6 is 0 Å². The van der Waals surface area contributed by atoms with Crippen molar-refractivity contribution in [3.63, 3.8) is 0 Å². The van der Waals surface area contributed by atoms with Crippen LogP contribution in [0.25, 0.3) is 0 Å². The Kier molecular flexibility index (Phi) is 27.0. The van der Waals surface area contributed by atoms with Crippen LogP contribution in [0.15, 0.2) is 72.8 Å². The van der Waals surface area contributed by atoms with Crippen molar-refractivity contribution in [3.8, 4) is 23.0 Å². The third-order valence-corrected chi connectivity index (χ3v) is 16.9. The van der Waals surface area contributed by atoms with E-state index in [9.17, 15) is 84.0 Å². The van der Waals surface area contributed by atoms with E-state index in [2.05, 4.69) is 47.9 Å². The van der Waals surface area contributed by atoms with Crippen molar-refractivity contribution >= 4 is 53.2 Å². The first-order valence-electron chi connectivity index (χ1n) is 31.9. The lowest BCUT2D eigenvalue weighted by atomic mass is 9.99. The molecule has 12 bridgehead atoms. The number of para-hydroxylation sites is 4. The molecule has 0 spiro atoms. The Labute approximate surface area is 552 Å². The van der Waals surface area contributed by atoms with Crippen LogP contribution < -0.4 is 47.9 Å². The first-order valence-corrected chi connectivity index (χ1v) is 31.9. The highest BCUT2D eigenvalue weighted by Gasteiger charge is 2.44. The van der Waals surface area contributed by atoms with E-state index in [1.54, 1.807) is 0 Å². The van der Waals surface area contributed by atoms with Gasteiger partial charge in [0.15, 0.2) is 6.29 Å². The fraction of sp³-hybridized carbons (Fsp3) is 0.484. The Morgan fingerprint density at radius 3 is 1.08 bits per heavy atom. The summed E-state index contributed by atoms with van der Waals surface area (Å²) in [5, 5.41) is 112. The van der Waals surface area contributed by atoms with Gasteiger partial charge in [-0.05, 0) is 67.8 Å². The van der Waals surface area contributed by atoms with Gasteiger partial charge in [-0.15, -0.1) is 0 Å². The molecule has 5 aliphatic rings. The van der Waals surface area contributed by atoms with Crippen molar-refractivity contribution in [1.82, 2.24) is 67.5 Å². The van der Waals surface area contributed by atoms with Gasteiger partial charge in [-0.3, -0.25) is 62.8 Å². The number of carbonyl (C=O) groups excluding carboxylic acids is 9. The van der Waals surface area contributed by atoms with Gasteiger partial charge in [0.1, 0.15) is 54.0 Å². The molecule has 96 heavy (non-hydrogen) atoms. The smallest absolute Gasteiger partial charge is 0.255 e. The zero-order valence-electron chi connectivity index (χ0n) is 52.9. The SMILES string of the molecule is O=C(COC1OC(CO)C(O)C(O)C1O)NCCCCC1CN2CCNC(=O)c3cccc(c3O)C(=O)NCCN(CCNC(=O)c3cccc(c3O)C(=O)N1)CCN1CCNC(=O)c3cccc(c3O)C(=O)NCCN(CCNC(=O)c3cccc(c3O)C(=O)NCC1)CC2. The van der Waals surface area contributed by atoms with Crippen molar-refractivity contribution in [2.75, 3.05) is 144 Å². The maximum atomic E-state index is 14.6. The van der Waals surface area contributed by atoms with E-state index in [1.807, 2.05) is 19.6 Å². The molecule has 5 aliphatic heterocycles. The quantitative estimate of drug-likeness (QED) is 0.0714. The number of amides is 9. The summed E-state index contributed by atoms with van der Waals surface area (Å²) in [6.07, 6.45) is -7.09. The molecular weight excluding hydrogens is 1250 g/mol. The van der Waals surface area contributed by atoms with Crippen LogP contribution in [-0.2, 0) is 14.3 Å². The minimum Gasteiger partial charge on any atom is -0.506 e. The molecule has 8 unspecified atom stereocenters. The van der Waals surface area contributed by atoms with E-state index in [1.165, 1.54) is 72.8 Å². The molecule has 9 rings (SSSR count). The predicted octanol–water partition coefficient (Wildman–Crippen LogP) is -3.83. The van der Waals surface area contributed by atoms with E-state index < -0.39 is 126 Å². The van der Waals surface area contributed by atoms with Gasteiger partial charge in [0, 0.05) is 137 Å². The maximum absolute atomic E-state index is 14.6. The number of carbonyl (C=O) groups is 9. The summed E-state index contributed by atoms with van der Waals surface area (Å²) in [6, 6.07) is 15.8. The van der Waals surface area contributed by atoms with Crippen molar-refractivity contribution < 1.29 is 93.5 Å². The average molecular weight is 1340 g/mol. The summed E-state index contributed by atoms with van der Waals surface area (Å²) in [4.78, 5) is 132. The second-order valence-corrected chi connectivity index (χ2v) is 23.4. The number of unbranched alkanes of at least 4 members (excludes halogenated alkanes) is 1. The molecule has 520 valence electrons. The lowest BCUT2D eigenvalue weighted by Crippen LogP contribution is -2.59. The van der Waals surface area contributed by atoms with Gasteiger partial charge in [-0.25, -0.2) is 0 Å². The number of aliphatic hydroxyl groups is 4. The molecule has 4 aromatic rings. The minimum absolute atomic E-state index is 0.0113. The number of hydrogen-bond acceptors (Lipinski definition) is 23. The van der Waals surface area contributed by atoms with Gasteiger partial charge >= 0.3 is 0 Å². The Morgan fingerprint density at radius 1 is 0.438 bits per heavy atom. The topological polar surface area (TPSA) is 455 Å². The van der Waals surface area contributed by atoms with Crippen LogP contribution in [-0.4, -0.2) is 294 Å². The van der Waals surface area contributed by atoms with Gasteiger partial charge in [-0.1, -0.05) is 24.3 Å². The molecule has 32 heteroatoms. The third-order valence-electron chi connectivity index (χ3n) is 16.9. The number of benzene rings is 4. The second-order valence-electron chi connectivity index (χ2n) is 23.4. The lowest BCUT2D eigenvalue weighted by Gasteiger charge is -2.39. The van der Waals surface area contributed by atoms with Gasteiger partial charge in [-0.2, -0.15) is 0 Å². The highest BCUT2D eigenvalue weighted by Crippen LogP contribution is 2.27. The van der Waals surface area contributed by atoms with Crippen molar-refractivity contribution in [2.24, 2.45) is 0 Å².